The second-order valence-electron chi connectivity index (χ2n) is 3.32. The minimum Gasteiger partial charge on any atom is -0.0843 e. The third kappa shape index (κ3) is 2.43. The van der Waals surface area contributed by atoms with Crippen LogP contribution in [0.4, 0.5) is 0 Å². The van der Waals surface area contributed by atoms with E-state index >= 15 is 0 Å². The van der Waals surface area contributed by atoms with Crippen LogP contribution in [0.15, 0.2) is 48.5 Å². The van der Waals surface area contributed by atoms with Gasteiger partial charge in [0.15, 0.2) is 0 Å². The van der Waals surface area contributed by atoms with Gasteiger partial charge in [-0.2, -0.15) is 0 Å². The number of hydrogen-bond acceptors (Lipinski definition) is 1. The average molecular weight is 267 g/mol. The minimum atomic E-state index is 0.585. The second-order valence-corrected chi connectivity index (χ2v) is 4.57. The van der Waals surface area contributed by atoms with E-state index in [0.29, 0.717) is 10.0 Å². The number of thiocarbonyl (C=S) groups is 1. The van der Waals surface area contributed by atoms with Gasteiger partial charge in [0, 0.05) is 10.6 Å². The maximum absolute atomic E-state index is 6.10. The molecule has 0 aromatic heterocycles. The van der Waals surface area contributed by atoms with Crippen LogP contribution in [-0.4, -0.2) is 4.86 Å². The van der Waals surface area contributed by atoms with Crippen LogP contribution in [0.3, 0.4) is 0 Å². The fourth-order valence-corrected chi connectivity index (χ4v) is 2.29. The van der Waals surface area contributed by atoms with Gasteiger partial charge in [-0.25, -0.2) is 0 Å². The first-order valence-electron chi connectivity index (χ1n) is 4.73. The van der Waals surface area contributed by atoms with Crippen LogP contribution in [0.1, 0.15) is 11.1 Å². The van der Waals surface area contributed by atoms with Crippen molar-refractivity contribution in [1.82, 2.24) is 0 Å². The predicted octanol–water partition coefficient (Wildman–Crippen LogP) is 4.76. The third-order valence-corrected chi connectivity index (χ3v) is 3.22. The normalized spacial score (nSPS) is 10.1. The first kappa shape index (κ1) is 11.6. The van der Waals surface area contributed by atoms with Crippen molar-refractivity contribution in [3.05, 3.63) is 69.7 Å². The van der Waals surface area contributed by atoms with Crippen molar-refractivity contribution < 1.29 is 0 Å². The lowest BCUT2D eigenvalue weighted by atomic mass is 10.0. The number of benzene rings is 2. The Hall–Kier alpha value is -0.890. The van der Waals surface area contributed by atoms with E-state index in [-0.39, 0.29) is 0 Å². The van der Waals surface area contributed by atoms with Crippen molar-refractivity contribution in [2.24, 2.45) is 0 Å². The Morgan fingerprint density at radius 1 is 0.938 bits per heavy atom. The monoisotopic (exact) mass is 266 g/mol. The molecule has 0 heterocycles. The highest BCUT2D eigenvalue weighted by Crippen LogP contribution is 2.23. The zero-order valence-corrected chi connectivity index (χ0v) is 10.6. The molecule has 0 atom stereocenters. The molecule has 0 fully saturated rings. The maximum Gasteiger partial charge on any atom is 0.0536 e. The zero-order valence-electron chi connectivity index (χ0n) is 8.28. The van der Waals surface area contributed by atoms with Crippen molar-refractivity contribution in [3.63, 3.8) is 0 Å². The van der Waals surface area contributed by atoms with Crippen molar-refractivity contribution in [1.29, 1.82) is 0 Å². The molecule has 2 aromatic rings. The molecular formula is C13H8Cl2S. The van der Waals surface area contributed by atoms with Gasteiger partial charge in [0.2, 0.25) is 0 Å². The molecule has 0 bridgehead atoms. The molecule has 0 radical (unpaired) electrons. The summed E-state index contributed by atoms with van der Waals surface area (Å²) < 4.78 is 0. The van der Waals surface area contributed by atoms with Gasteiger partial charge in [0.25, 0.3) is 0 Å². The lowest BCUT2D eigenvalue weighted by molar-refractivity contribution is 1.62. The van der Waals surface area contributed by atoms with Crippen molar-refractivity contribution in [2.75, 3.05) is 0 Å². The second kappa shape index (κ2) is 4.96. The van der Waals surface area contributed by atoms with E-state index in [0.717, 1.165) is 16.0 Å². The molecule has 0 saturated carbocycles. The lowest BCUT2D eigenvalue weighted by Gasteiger charge is -2.06. The quantitative estimate of drug-likeness (QED) is 0.558. The van der Waals surface area contributed by atoms with E-state index in [1.807, 2.05) is 36.4 Å². The Labute approximate surface area is 110 Å². The lowest BCUT2D eigenvalue weighted by Crippen LogP contribution is -1.99. The topological polar surface area (TPSA) is 0 Å². The summed E-state index contributed by atoms with van der Waals surface area (Å²) in [5.74, 6) is 0. The number of hydrogen-bond donors (Lipinski definition) is 0. The summed E-state index contributed by atoms with van der Waals surface area (Å²) in [7, 11) is 0. The zero-order chi connectivity index (χ0) is 11.5. The summed E-state index contributed by atoms with van der Waals surface area (Å²) in [6, 6.07) is 15.1. The SMILES string of the molecule is S=C(c1ccccc1)c1ccc(Cl)cc1Cl. The molecule has 0 unspecified atom stereocenters. The van der Waals surface area contributed by atoms with Gasteiger partial charge in [-0.05, 0) is 17.7 Å². The van der Waals surface area contributed by atoms with E-state index in [1.165, 1.54) is 0 Å². The van der Waals surface area contributed by atoms with Crippen LogP contribution in [0, 0.1) is 0 Å². The fraction of sp³-hybridized carbons (Fsp3) is 0. The first-order chi connectivity index (χ1) is 7.68. The largest absolute Gasteiger partial charge is 0.0843 e. The van der Waals surface area contributed by atoms with E-state index in [9.17, 15) is 0 Å². The Bertz CT molecular complexity index is 521. The summed E-state index contributed by atoms with van der Waals surface area (Å²) in [5, 5.41) is 1.20. The van der Waals surface area contributed by atoms with Gasteiger partial charge < -0.3 is 0 Å². The van der Waals surface area contributed by atoms with E-state index in [4.69, 9.17) is 35.4 Å². The molecule has 0 N–H and O–H groups in total. The molecule has 80 valence electrons. The molecule has 16 heavy (non-hydrogen) atoms. The van der Waals surface area contributed by atoms with Gasteiger partial charge in [0.1, 0.15) is 0 Å². The first-order valence-corrected chi connectivity index (χ1v) is 5.89. The molecular weight excluding hydrogens is 259 g/mol. The summed E-state index contributed by atoms with van der Waals surface area (Å²) in [5.41, 5.74) is 1.83. The molecule has 0 aliphatic rings. The standard InChI is InChI=1S/C13H8Cl2S/c14-10-6-7-11(12(15)8-10)13(16)9-4-2-1-3-5-9/h1-8H. The van der Waals surface area contributed by atoms with Crippen LogP contribution >= 0.6 is 35.4 Å². The molecule has 0 nitrogen and oxygen atoms in total. The minimum absolute atomic E-state index is 0.585. The van der Waals surface area contributed by atoms with Crippen LogP contribution < -0.4 is 0 Å². The third-order valence-electron chi connectivity index (χ3n) is 2.21. The molecule has 0 amide bonds. The highest BCUT2D eigenvalue weighted by molar-refractivity contribution is 7.81. The van der Waals surface area contributed by atoms with Crippen LogP contribution in [0.25, 0.3) is 0 Å². The Morgan fingerprint density at radius 3 is 2.25 bits per heavy atom. The molecule has 0 spiro atoms. The van der Waals surface area contributed by atoms with Crippen molar-refractivity contribution >= 4 is 40.3 Å². The highest BCUT2D eigenvalue weighted by Gasteiger charge is 2.08. The van der Waals surface area contributed by atoms with E-state index in [1.54, 1.807) is 12.1 Å². The number of halogens is 2. The van der Waals surface area contributed by atoms with Gasteiger partial charge >= 0.3 is 0 Å². The fourth-order valence-electron chi connectivity index (χ4n) is 1.42. The smallest absolute Gasteiger partial charge is 0.0536 e. The van der Waals surface area contributed by atoms with Crippen molar-refractivity contribution in [3.8, 4) is 0 Å². The van der Waals surface area contributed by atoms with Crippen molar-refractivity contribution in [2.45, 2.75) is 0 Å². The molecule has 2 aromatic carbocycles. The maximum atomic E-state index is 6.10. The predicted molar refractivity (Wildman–Crippen MR) is 73.7 cm³/mol. The summed E-state index contributed by atoms with van der Waals surface area (Å²) in [4.78, 5) is 0.738. The Balaban J connectivity index is 2.42. The van der Waals surface area contributed by atoms with E-state index < -0.39 is 0 Å². The van der Waals surface area contributed by atoms with Gasteiger partial charge in [-0.3, -0.25) is 0 Å². The summed E-state index contributed by atoms with van der Waals surface area (Å²) >= 11 is 17.3. The Morgan fingerprint density at radius 2 is 1.62 bits per heavy atom. The average Bonchev–Trinajstić information content (AvgIpc) is 2.29. The van der Waals surface area contributed by atoms with Crippen LogP contribution in [0.2, 0.25) is 10.0 Å². The summed E-state index contributed by atoms with van der Waals surface area (Å²) in [6.07, 6.45) is 0. The highest BCUT2D eigenvalue weighted by atomic mass is 35.5. The molecule has 2 rings (SSSR count). The van der Waals surface area contributed by atoms with Crippen LogP contribution in [-0.2, 0) is 0 Å². The number of rotatable bonds is 2. The van der Waals surface area contributed by atoms with Gasteiger partial charge in [0.05, 0.1) is 9.89 Å². The molecule has 0 saturated heterocycles. The molecule has 0 aliphatic carbocycles. The molecule has 0 aliphatic heterocycles. The molecule has 3 heteroatoms. The van der Waals surface area contributed by atoms with Crippen LogP contribution in [0.5, 0.6) is 0 Å². The van der Waals surface area contributed by atoms with Gasteiger partial charge in [-0.1, -0.05) is 71.8 Å². The van der Waals surface area contributed by atoms with Gasteiger partial charge in [-0.15, -0.1) is 0 Å². The van der Waals surface area contributed by atoms with E-state index in [2.05, 4.69) is 0 Å². The Kier molecular flexibility index (Phi) is 3.59. The summed E-state index contributed by atoms with van der Waals surface area (Å²) in [6.45, 7) is 0.